The molecule has 152 valence electrons. The highest BCUT2D eigenvalue weighted by molar-refractivity contribution is 6.42. The highest BCUT2D eigenvalue weighted by Gasteiger charge is 2.18. The first kappa shape index (κ1) is 19.7. The molecule has 31 heavy (non-hydrogen) atoms. The van der Waals surface area contributed by atoms with E-state index >= 15 is 0 Å². The van der Waals surface area contributed by atoms with Gasteiger partial charge >= 0.3 is 5.97 Å². The van der Waals surface area contributed by atoms with E-state index < -0.39 is 5.97 Å². The molecule has 0 amide bonds. The van der Waals surface area contributed by atoms with E-state index in [0.29, 0.717) is 16.6 Å². The summed E-state index contributed by atoms with van der Waals surface area (Å²) in [4.78, 5) is 12.1. The number of hydrogen-bond acceptors (Lipinski definition) is 1. The Labute approximate surface area is 189 Å². The van der Waals surface area contributed by atoms with E-state index in [2.05, 4.69) is 30.3 Å². The fraction of sp³-hybridized carbons (Fsp3) is 0.0385. The number of carboxylic acid groups (broad SMARTS) is 1. The molecule has 0 radical (unpaired) electrons. The molecule has 0 unspecified atom stereocenters. The smallest absolute Gasteiger partial charge is 0.352 e. The van der Waals surface area contributed by atoms with Crippen molar-refractivity contribution < 1.29 is 9.90 Å². The van der Waals surface area contributed by atoms with Gasteiger partial charge in [-0.2, -0.15) is 0 Å². The van der Waals surface area contributed by atoms with Crippen molar-refractivity contribution in [1.29, 1.82) is 0 Å². The van der Waals surface area contributed by atoms with Crippen molar-refractivity contribution in [2.24, 2.45) is 0 Å². The van der Waals surface area contributed by atoms with Crippen LogP contribution in [0.2, 0.25) is 10.0 Å². The Bertz CT molecular complexity index is 1470. The maximum atomic E-state index is 12.1. The molecule has 0 fully saturated rings. The second-order valence-electron chi connectivity index (χ2n) is 7.47. The Hall–Kier alpha value is -3.27. The van der Waals surface area contributed by atoms with Crippen LogP contribution in [0.5, 0.6) is 0 Å². The number of halogens is 2. The van der Waals surface area contributed by atoms with E-state index in [4.69, 9.17) is 23.2 Å². The first-order valence-corrected chi connectivity index (χ1v) is 10.6. The van der Waals surface area contributed by atoms with Crippen molar-refractivity contribution in [3.05, 3.63) is 106 Å². The minimum absolute atomic E-state index is 0.231. The van der Waals surface area contributed by atoms with Crippen molar-refractivity contribution >= 4 is 50.8 Å². The van der Waals surface area contributed by atoms with Gasteiger partial charge in [0, 0.05) is 17.4 Å². The molecular formula is C26H17Cl2NO2. The first-order valence-electron chi connectivity index (χ1n) is 9.80. The van der Waals surface area contributed by atoms with Gasteiger partial charge in [0.1, 0.15) is 5.69 Å². The largest absolute Gasteiger partial charge is 0.477 e. The van der Waals surface area contributed by atoms with Gasteiger partial charge in [0.25, 0.3) is 0 Å². The van der Waals surface area contributed by atoms with Crippen LogP contribution in [0.3, 0.4) is 0 Å². The molecule has 5 rings (SSSR count). The molecule has 4 aromatic carbocycles. The molecule has 0 spiro atoms. The van der Waals surface area contributed by atoms with Crippen LogP contribution in [0, 0.1) is 0 Å². The number of rotatable bonds is 4. The van der Waals surface area contributed by atoms with E-state index in [1.807, 2.05) is 41.0 Å². The monoisotopic (exact) mass is 445 g/mol. The van der Waals surface area contributed by atoms with Gasteiger partial charge < -0.3 is 9.67 Å². The Balaban J connectivity index is 1.69. The molecule has 1 N–H and O–H groups in total. The summed E-state index contributed by atoms with van der Waals surface area (Å²) in [5, 5.41) is 14.0. The lowest BCUT2D eigenvalue weighted by Crippen LogP contribution is -2.09. The Kier molecular flexibility index (Phi) is 4.93. The van der Waals surface area contributed by atoms with Crippen LogP contribution in [0.4, 0.5) is 0 Å². The third-order valence-electron chi connectivity index (χ3n) is 5.55. The molecule has 3 nitrogen and oxygen atoms in total. The number of nitrogens with zero attached hydrogens (tertiary/aromatic N) is 1. The molecule has 0 bridgehead atoms. The third-order valence-corrected chi connectivity index (χ3v) is 6.29. The van der Waals surface area contributed by atoms with Crippen LogP contribution in [0.1, 0.15) is 16.1 Å². The Morgan fingerprint density at radius 2 is 1.61 bits per heavy atom. The van der Waals surface area contributed by atoms with Gasteiger partial charge in [-0.1, -0.05) is 77.8 Å². The molecule has 0 aliphatic heterocycles. The topological polar surface area (TPSA) is 42.2 Å². The second-order valence-corrected chi connectivity index (χ2v) is 8.28. The molecule has 0 saturated carbocycles. The lowest BCUT2D eigenvalue weighted by atomic mass is 9.98. The quantitative estimate of drug-likeness (QED) is 0.310. The van der Waals surface area contributed by atoms with E-state index in [1.54, 1.807) is 18.2 Å². The molecule has 5 heteroatoms. The molecule has 5 aromatic rings. The number of benzene rings is 4. The van der Waals surface area contributed by atoms with Gasteiger partial charge in [0.15, 0.2) is 0 Å². The zero-order valence-corrected chi connectivity index (χ0v) is 17.9. The minimum atomic E-state index is -0.972. The Morgan fingerprint density at radius 1 is 0.806 bits per heavy atom. The van der Waals surface area contributed by atoms with Crippen molar-refractivity contribution in [1.82, 2.24) is 4.57 Å². The predicted molar refractivity (Wildman–Crippen MR) is 127 cm³/mol. The van der Waals surface area contributed by atoms with Gasteiger partial charge in [0.05, 0.1) is 10.0 Å². The number of hydrogen-bond donors (Lipinski definition) is 1. The zero-order valence-electron chi connectivity index (χ0n) is 16.3. The number of carbonyl (C=O) groups is 1. The summed E-state index contributed by atoms with van der Waals surface area (Å²) < 4.78 is 1.81. The summed E-state index contributed by atoms with van der Waals surface area (Å²) in [6.45, 7) is 0.378. The maximum absolute atomic E-state index is 12.1. The van der Waals surface area contributed by atoms with E-state index in [1.165, 1.54) is 5.39 Å². The third kappa shape index (κ3) is 3.56. The number of fused-ring (bicyclic) bond motifs is 2. The summed E-state index contributed by atoms with van der Waals surface area (Å²) in [6.07, 6.45) is 0. The molecule has 0 saturated heterocycles. The van der Waals surface area contributed by atoms with Gasteiger partial charge in [-0.25, -0.2) is 4.79 Å². The van der Waals surface area contributed by atoms with E-state index in [0.717, 1.165) is 33.0 Å². The number of carboxylic acids is 1. The minimum Gasteiger partial charge on any atom is -0.477 e. The van der Waals surface area contributed by atoms with Crippen LogP contribution in [0.25, 0.3) is 32.8 Å². The van der Waals surface area contributed by atoms with Crippen LogP contribution >= 0.6 is 23.2 Å². The van der Waals surface area contributed by atoms with E-state index in [9.17, 15) is 9.90 Å². The summed E-state index contributed by atoms with van der Waals surface area (Å²) in [5.41, 5.74) is 4.01. The summed E-state index contributed by atoms with van der Waals surface area (Å²) in [5.74, 6) is -0.972. The second kappa shape index (κ2) is 7.77. The predicted octanol–water partition coefficient (Wildman–Crippen LogP) is 7.51. The van der Waals surface area contributed by atoms with Gasteiger partial charge in [0.2, 0.25) is 0 Å². The first-order chi connectivity index (χ1) is 15.0. The molecule has 0 aliphatic carbocycles. The van der Waals surface area contributed by atoms with Gasteiger partial charge in [-0.05, 0) is 57.8 Å². The van der Waals surface area contributed by atoms with Gasteiger partial charge in [-0.15, -0.1) is 0 Å². The highest BCUT2D eigenvalue weighted by atomic mass is 35.5. The van der Waals surface area contributed by atoms with Crippen molar-refractivity contribution in [3.8, 4) is 11.1 Å². The Morgan fingerprint density at radius 3 is 2.39 bits per heavy atom. The maximum Gasteiger partial charge on any atom is 0.352 e. The zero-order chi connectivity index (χ0) is 21.5. The summed E-state index contributed by atoms with van der Waals surface area (Å²) >= 11 is 12.2. The van der Waals surface area contributed by atoms with Crippen LogP contribution in [-0.2, 0) is 6.54 Å². The molecule has 1 heterocycles. The fourth-order valence-electron chi connectivity index (χ4n) is 4.06. The lowest BCUT2D eigenvalue weighted by molar-refractivity contribution is 0.0686. The molecule has 0 aliphatic rings. The van der Waals surface area contributed by atoms with Crippen molar-refractivity contribution in [2.45, 2.75) is 6.54 Å². The molecular weight excluding hydrogens is 429 g/mol. The lowest BCUT2D eigenvalue weighted by Gasteiger charge is -2.11. The van der Waals surface area contributed by atoms with Crippen LogP contribution in [0.15, 0.2) is 84.9 Å². The molecule has 0 atom stereocenters. The normalized spacial score (nSPS) is 11.3. The molecule has 1 aromatic heterocycles. The van der Waals surface area contributed by atoms with Crippen LogP contribution in [-0.4, -0.2) is 15.6 Å². The average molecular weight is 446 g/mol. The van der Waals surface area contributed by atoms with Crippen molar-refractivity contribution in [3.63, 3.8) is 0 Å². The number of aromatic nitrogens is 1. The summed E-state index contributed by atoms with van der Waals surface area (Å²) in [6, 6.07) is 27.6. The van der Waals surface area contributed by atoms with Gasteiger partial charge in [-0.3, -0.25) is 0 Å². The summed E-state index contributed by atoms with van der Waals surface area (Å²) in [7, 11) is 0. The highest BCUT2D eigenvalue weighted by Crippen LogP contribution is 2.34. The SMILES string of the molecule is O=C(O)c1cc2c(-c3ccc4ccccc4c3)cccc2n1Cc1ccc(Cl)c(Cl)c1. The van der Waals surface area contributed by atoms with Crippen LogP contribution < -0.4 is 0 Å². The standard InChI is InChI=1S/C26H17Cl2NO2/c27-22-11-8-16(12-23(22)28)15-29-24-7-3-6-20(21(24)14-25(29)26(30)31)19-10-9-17-4-1-2-5-18(17)13-19/h1-14H,15H2,(H,30,31). The fourth-order valence-corrected chi connectivity index (χ4v) is 4.38. The van der Waals surface area contributed by atoms with Crippen molar-refractivity contribution in [2.75, 3.05) is 0 Å². The number of aromatic carboxylic acids is 1. The van der Waals surface area contributed by atoms with E-state index in [-0.39, 0.29) is 5.69 Å². The average Bonchev–Trinajstić information content (AvgIpc) is 3.15.